The van der Waals surface area contributed by atoms with Crippen molar-refractivity contribution < 1.29 is 4.39 Å². The number of nitrogens with zero attached hydrogens (tertiary/aromatic N) is 2. The van der Waals surface area contributed by atoms with Crippen LogP contribution in [0.5, 0.6) is 0 Å². The molecule has 0 aliphatic rings. The summed E-state index contributed by atoms with van der Waals surface area (Å²) in [5.41, 5.74) is 2.49. The largest absolute Gasteiger partial charge is 0.343 e. The molecule has 3 nitrogen and oxygen atoms in total. The van der Waals surface area contributed by atoms with E-state index in [0.29, 0.717) is 16.4 Å². The highest BCUT2D eigenvalue weighted by atomic mass is 32.1. The summed E-state index contributed by atoms with van der Waals surface area (Å²) in [6, 6.07) is 15.3. The molecule has 0 amide bonds. The normalized spacial score (nSPS) is 10.7. The first-order chi connectivity index (χ1) is 11.5. The minimum absolute atomic E-state index is 0.231. The summed E-state index contributed by atoms with van der Waals surface area (Å²) in [5, 5.41) is 3.75. The Morgan fingerprint density at radius 1 is 1.08 bits per heavy atom. The fraction of sp³-hybridized carbons (Fsp3) is 0.316. The van der Waals surface area contributed by atoms with E-state index in [4.69, 9.17) is 12.2 Å². The van der Waals surface area contributed by atoms with Crippen molar-refractivity contribution in [3.05, 3.63) is 65.5 Å². The second-order valence-corrected chi connectivity index (χ2v) is 6.49. The first kappa shape index (κ1) is 18.4. The summed E-state index contributed by atoms with van der Waals surface area (Å²) in [6.07, 6.45) is 0. The lowest BCUT2D eigenvalue weighted by Crippen LogP contribution is -2.38. The van der Waals surface area contributed by atoms with Gasteiger partial charge in [-0.05, 0) is 56.5 Å². The standard InChI is InChI=1S/C19H24FN3S/c1-15-9-10-17(13-18(15)20)21-19(24)23(12-11-22(2)3)14-16-7-5-4-6-8-16/h4-10,13H,11-12,14H2,1-3H3,(H,21,24). The Balaban J connectivity index is 2.09. The van der Waals surface area contributed by atoms with Crippen molar-refractivity contribution in [2.75, 3.05) is 32.5 Å². The predicted molar refractivity (Wildman–Crippen MR) is 103 cm³/mol. The Morgan fingerprint density at radius 3 is 2.42 bits per heavy atom. The van der Waals surface area contributed by atoms with Crippen molar-refractivity contribution in [3.8, 4) is 0 Å². The SMILES string of the molecule is Cc1ccc(NC(=S)N(CCN(C)C)Cc2ccccc2)cc1F. The van der Waals surface area contributed by atoms with Gasteiger partial charge in [-0.15, -0.1) is 0 Å². The number of nitrogens with one attached hydrogen (secondary N) is 1. The zero-order valence-electron chi connectivity index (χ0n) is 14.4. The summed E-state index contributed by atoms with van der Waals surface area (Å²) >= 11 is 5.56. The molecule has 1 N–H and O–H groups in total. The van der Waals surface area contributed by atoms with Crippen molar-refractivity contribution in [1.29, 1.82) is 0 Å². The number of likely N-dealkylation sites (N-methyl/N-ethyl adjacent to an activating group) is 1. The van der Waals surface area contributed by atoms with Gasteiger partial charge in [0.1, 0.15) is 5.82 Å². The van der Waals surface area contributed by atoms with E-state index in [2.05, 4.69) is 27.2 Å². The number of anilines is 1. The van der Waals surface area contributed by atoms with E-state index in [-0.39, 0.29) is 5.82 Å². The number of aryl methyl sites for hydroxylation is 1. The summed E-state index contributed by atoms with van der Waals surface area (Å²) in [6.45, 7) is 4.14. The highest BCUT2D eigenvalue weighted by Crippen LogP contribution is 2.15. The van der Waals surface area contributed by atoms with E-state index in [0.717, 1.165) is 19.6 Å². The van der Waals surface area contributed by atoms with Crippen LogP contribution in [0, 0.1) is 12.7 Å². The lowest BCUT2D eigenvalue weighted by Gasteiger charge is -2.27. The molecule has 24 heavy (non-hydrogen) atoms. The second kappa shape index (κ2) is 8.76. The molecule has 0 aliphatic carbocycles. The van der Waals surface area contributed by atoms with E-state index >= 15 is 0 Å². The Hall–Kier alpha value is -1.98. The fourth-order valence-corrected chi connectivity index (χ4v) is 2.52. The van der Waals surface area contributed by atoms with Crippen LogP contribution >= 0.6 is 12.2 Å². The average Bonchev–Trinajstić information content (AvgIpc) is 2.55. The lowest BCUT2D eigenvalue weighted by molar-refractivity contribution is 0.328. The van der Waals surface area contributed by atoms with Crippen molar-refractivity contribution in [2.45, 2.75) is 13.5 Å². The topological polar surface area (TPSA) is 18.5 Å². The van der Waals surface area contributed by atoms with Crippen LogP contribution in [0.25, 0.3) is 0 Å². The van der Waals surface area contributed by atoms with Crippen LogP contribution in [0.4, 0.5) is 10.1 Å². The van der Waals surface area contributed by atoms with Crippen LogP contribution in [0.2, 0.25) is 0 Å². The molecule has 2 aromatic carbocycles. The smallest absolute Gasteiger partial charge is 0.173 e. The maximum Gasteiger partial charge on any atom is 0.173 e. The highest BCUT2D eigenvalue weighted by Gasteiger charge is 2.12. The molecule has 0 heterocycles. The molecule has 128 valence electrons. The number of thiocarbonyl (C=S) groups is 1. The van der Waals surface area contributed by atoms with Gasteiger partial charge < -0.3 is 15.1 Å². The van der Waals surface area contributed by atoms with E-state index in [9.17, 15) is 4.39 Å². The molecule has 0 atom stereocenters. The molecule has 0 fully saturated rings. The van der Waals surface area contributed by atoms with Crippen LogP contribution < -0.4 is 5.32 Å². The summed E-state index contributed by atoms with van der Waals surface area (Å²) in [5.74, 6) is -0.231. The molecule has 0 aliphatic heterocycles. The maximum absolute atomic E-state index is 13.7. The number of rotatable bonds is 6. The van der Waals surface area contributed by atoms with E-state index in [1.54, 1.807) is 13.0 Å². The van der Waals surface area contributed by atoms with Gasteiger partial charge in [-0.3, -0.25) is 0 Å². The minimum atomic E-state index is -0.231. The summed E-state index contributed by atoms with van der Waals surface area (Å²) < 4.78 is 13.7. The van der Waals surface area contributed by atoms with Gasteiger partial charge in [-0.25, -0.2) is 4.39 Å². The van der Waals surface area contributed by atoms with E-state index in [1.165, 1.54) is 11.6 Å². The Labute approximate surface area is 149 Å². The molecule has 0 bridgehead atoms. The number of hydrogen-bond acceptors (Lipinski definition) is 2. The lowest BCUT2D eigenvalue weighted by atomic mass is 10.2. The Kier molecular flexibility index (Phi) is 6.70. The van der Waals surface area contributed by atoms with Gasteiger partial charge in [0.2, 0.25) is 0 Å². The maximum atomic E-state index is 13.7. The van der Waals surface area contributed by atoms with Gasteiger partial charge >= 0.3 is 0 Å². The van der Waals surface area contributed by atoms with Crippen molar-refractivity contribution in [3.63, 3.8) is 0 Å². The number of benzene rings is 2. The van der Waals surface area contributed by atoms with Crippen molar-refractivity contribution in [2.24, 2.45) is 0 Å². The third kappa shape index (κ3) is 5.58. The molecule has 0 radical (unpaired) electrons. The quantitative estimate of drug-likeness (QED) is 0.800. The Bertz CT molecular complexity index is 674. The van der Waals surface area contributed by atoms with Crippen LogP contribution in [-0.2, 0) is 6.54 Å². The third-order valence-electron chi connectivity index (χ3n) is 3.74. The van der Waals surface area contributed by atoms with Gasteiger partial charge in [-0.2, -0.15) is 0 Å². The molecule has 0 spiro atoms. The zero-order valence-corrected chi connectivity index (χ0v) is 15.2. The molecule has 0 saturated carbocycles. The van der Waals surface area contributed by atoms with Crippen LogP contribution in [0.1, 0.15) is 11.1 Å². The van der Waals surface area contributed by atoms with Crippen LogP contribution in [0.15, 0.2) is 48.5 Å². The van der Waals surface area contributed by atoms with Gasteiger partial charge in [0.05, 0.1) is 0 Å². The summed E-state index contributed by atoms with van der Waals surface area (Å²) in [4.78, 5) is 4.22. The molecule has 0 unspecified atom stereocenters. The minimum Gasteiger partial charge on any atom is -0.343 e. The first-order valence-corrected chi connectivity index (χ1v) is 8.37. The Morgan fingerprint density at radius 2 is 1.79 bits per heavy atom. The van der Waals surface area contributed by atoms with Gasteiger partial charge in [0.15, 0.2) is 5.11 Å². The summed E-state index contributed by atoms with van der Waals surface area (Å²) in [7, 11) is 4.07. The first-order valence-electron chi connectivity index (χ1n) is 7.96. The van der Waals surface area contributed by atoms with Crippen LogP contribution in [-0.4, -0.2) is 42.1 Å². The van der Waals surface area contributed by atoms with Crippen molar-refractivity contribution in [1.82, 2.24) is 9.80 Å². The van der Waals surface area contributed by atoms with Gasteiger partial charge in [0.25, 0.3) is 0 Å². The third-order valence-corrected chi connectivity index (χ3v) is 4.10. The predicted octanol–water partition coefficient (Wildman–Crippen LogP) is 3.89. The molecule has 0 saturated heterocycles. The average molecular weight is 345 g/mol. The molecule has 5 heteroatoms. The molecule has 2 rings (SSSR count). The van der Waals surface area contributed by atoms with Gasteiger partial charge in [-0.1, -0.05) is 36.4 Å². The molecule has 0 aromatic heterocycles. The molecular weight excluding hydrogens is 321 g/mol. The van der Waals surface area contributed by atoms with Crippen LogP contribution in [0.3, 0.4) is 0 Å². The van der Waals surface area contributed by atoms with E-state index < -0.39 is 0 Å². The second-order valence-electron chi connectivity index (χ2n) is 6.10. The zero-order chi connectivity index (χ0) is 17.5. The van der Waals surface area contributed by atoms with Crippen molar-refractivity contribution >= 4 is 23.0 Å². The highest BCUT2D eigenvalue weighted by molar-refractivity contribution is 7.80. The molecular formula is C19H24FN3S. The monoisotopic (exact) mass is 345 g/mol. The number of hydrogen-bond donors (Lipinski definition) is 1. The fourth-order valence-electron chi connectivity index (χ4n) is 2.25. The van der Waals surface area contributed by atoms with E-state index in [1.807, 2.05) is 38.4 Å². The van der Waals surface area contributed by atoms with Gasteiger partial charge in [0, 0.05) is 25.3 Å². The number of halogens is 1. The molecule has 2 aromatic rings.